The van der Waals surface area contributed by atoms with E-state index in [2.05, 4.69) is 17.9 Å². The molecule has 0 fully saturated rings. The minimum Gasteiger partial charge on any atom is -0.460 e. The third-order valence-corrected chi connectivity index (χ3v) is 1.68. The molecule has 0 N–H and O–H groups in total. The SMILES string of the molecule is C=CC(=O)OCCOC[SiH2]C. The molecule has 0 spiro atoms. The smallest absolute Gasteiger partial charge is 0.330 e. The normalized spacial score (nSPS) is 10.3. The largest absolute Gasteiger partial charge is 0.460 e. The predicted molar refractivity (Wildman–Crippen MR) is 46.4 cm³/mol. The molecule has 0 aliphatic heterocycles. The molecule has 0 atom stereocenters. The van der Waals surface area contributed by atoms with Gasteiger partial charge < -0.3 is 9.47 Å². The highest BCUT2D eigenvalue weighted by Crippen LogP contribution is 1.80. The van der Waals surface area contributed by atoms with Crippen LogP contribution in [0.5, 0.6) is 0 Å². The zero-order chi connectivity index (χ0) is 8.53. The summed E-state index contributed by atoms with van der Waals surface area (Å²) in [5.74, 6) is -0.387. The first-order valence-corrected chi connectivity index (χ1v) is 6.09. The Morgan fingerprint density at radius 1 is 1.64 bits per heavy atom. The molecule has 64 valence electrons. The van der Waals surface area contributed by atoms with Crippen LogP contribution in [0.3, 0.4) is 0 Å². The summed E-state index contributed by atoms with van der Waals surface area (Å²) in [6, 6.07) is 0. The van der Waals surface area contributed by atoms with E-state index in [1.807, 2.05) is 0 Å². The maximum Gasteiger partial charge on any atom is 0.330 e. The Kier molecular flexibility index (Phi) is 7.08. The molecule has 4 heteroatoms. The van der Waals surface area contributed by atoms with Crippen molar-refractivity contribution in [2.45, 2.75) is 6.55 Å². The van der Waals surface area contributed by atoms with Gasteiger partial charge in [-0.3, -0.25) is 0 Å². The highest BCUT2D eigenvalue weighted by atomic mass is 28.2. The minimum atomic E-state index is -0.387. The lowest BCUT2D eigenvalue weighted by molar-refractivity contribution is -0.139. The Morgan fingerprint density at radius 3 is 2.91 bits per heavy atom. The van der Waals surface area contributed by atoms with Crippen LogP contribution in [0.15, 0.2) is 12.7 Å². The molecule has 0 aliphatic carbocycles. The summed E-state index contributed by atoms with van der Waals surface area (Å²) in [5, 5.41) is 0. The Bertz CT molecular complexity index is 125. The van der Waals surface area contributed by atoms with E-state index in [1.54, 1.807) is 0 Å². The van der Waals surface area contributed by atoms with Crippen molar-refractivity contribution in [3.8, 4) is 0 Å². The van der Waals surface area contributed by atoms with E-state index in [0.717, 1.165) is 12.3 Å². The third-order valence-electron chi connectivity index (χ3n) is 0.987. The van der Waals surface area contributed by atoms with Crippen LogP contribution in [0.1, 0.15) is 0 Å². The Hall–Kier alpha value is -0.613. The molecule has 0 bridgehead atoms. The van der Waals surface area contributed by atoms with Crippen LogP contribution in [0, 0.1) is 0 Å². The molecule has 0 heterocycles. The van der Waals surface area contributed by atoms with Gasteiger partial charge in [-0.15, -0.1) is 0 Å². The molecule has 0 unspecified atom stereocenters. The Labute approximate surface area is 69.2 Å². The number of hydrogen-bond acceptors (Lipinski definition) is 3. The van der Waals surface area contributed by atoms with Gasteiger partial charge in [0, 0.05) is 21.8 Å². The average Bonchev–Trinajstić information content (AvgIpc) is 2.04. The van der Waals surface area contributed by atoms with E-state index in [0.29, 0.717) is 13.2 Å². The van der Waals surface area contributed by atoms with Crippen LogP contribution in [-0.2, 0) is 14.3 Å². The summed E-state index contributed by atoms with van der Waals surface area (Å²) < 4.78 is 9.80. The van der Waals surface area contributed by atoms with Gasteiger partial charge in [0.2, 0.25) is 0 Å². The van der Waals surface area contributed by atoms with Gasteiger partial charge in [-0.05, 0) is 0 Å². The average molecular weight is 174 g/mol. The number of esters is 1. The maximum atomic E-state index is 10.5. The van der Waals surface area contributed by atoms with Crippen molar-refractivity contribution in [2.24, 2.45) is 0 Å². The van der Waals surface area contributed by atoms with E-state index in [9.17, 15) is 4.79 Å². The number of hydrogen-bond donors (Lipinski definition) is 0. The molecule has 0 aromatic rings. The summed E-state index contributed by atoms with van der Waals surface area (Å²) >= 11 is 0. The highest BCUT2D eigenvalue weighted by molar-refractivity contribution is 6.33. The van der Waals surface area contributed by atoms with Crippen molar-refractivity contribution in [3.05, 3.63) is 12.7 Å². The summed E-state index contributed by atoms with van der Waals surface area (Å²) in [4.78, 5) is 10.5. The fourth-order valence-electron chi connectivity index (χ4n) is 0.507. The standard InChI is InChI=1S/C7H14O3Si/c1-3-7(8)10-5-4-9-6-11-2/h3H,1,4-6,11H2,2H3. The number of ether oxygens (including phenoxy) is 2. The van der Waals surface area contributed by atoms with Crippen LogP contribution in [0.25, 0.3) is 0 Å². The molecule has 0 saturated heterocycles. The lowest BCUT2D eigenvalue weighted by Gasteiger charge is -2.01. The molecule has 0 aromatic carbocycles. The monoisotopic (exact) mass is 174 g/mol. The third kappa shape index (κ3) is 7.28. The van der Waals surface area contributed by atoms with Crippen molar-refractivity contribution in [3.63, 3.8) is 0 Å². The van der Waals surface area contributed by atoms with Gasteiger partial charge in [-0.1, -0.05) is 13.1 Å². The lowest BCUT2D eigenvalue weighted by Crippen LogP contribution is -2.10. The maximum absolute atomic E-state index is 10.5. The van der Waals surface area contributed by atoms with Crippen LogP contribution < -0.4 is 0 Å². The number of rotatable bonds is 6. The topological polar surface area (TPSA) is 35.5 Å². The van der Waals surface area contributed by atoms with Crippen LogP contribution in [-0.4, -0.2) is 34.9 Å². The molecular formula is C7H14O3Si. The summed E-state index contributed by atoms with van der Waals surface area (Å²) in [7, 11) is -0.0214. The Balaban J connectivity index is 3.01. The number of carbonyl (C=O) groups is 1. The fourth-order valence-corrected chi connectivity index (χ4v) is 0.999. The van der Waals surface area contributed by atoms with E-state index < -0.39 is 0 Å². The minimum absolute atomic E-state index is 0.0214. The van der Waals surface area contributed by atoms with E-state index in [1.165, 1.54) is 0 Å². The van der Waals surface area contributed by atoms with Crippen molar-refractivity contribution in [1.82, 2.24) is 0 Å². The Morgan fingerprint density at radius 2 is 2.36 bits per heavy atom. The van der Waals surface area contributed by atoms with E-state index >= 15 is 0 Å². The summed E-state index contributed by atoms with van der Waals surface area (Å²) in [6.07, 6.45) is 2.00. The zero-order valence-corrected chi connectivity index (χ0v) is 8.25. The van der Waals surface area contributed by atoms with E-state index in [4.69, 9.17) is 4.74 Å². The first-order valence-electron chi connectivity index (χ1n) is 3.68. The molecule has 0 aromatic heterocycles. The molecule has 0 amide bonds. The van der Waals surface area contributed by atoms with Gasteiger partial charge in [-0.2, -0.15) is 0 Å². The van der Waals surface area contributed by atoms with Crippen LogP contribution in [0.4, 0.5) is 0 Å². The van der Waals surface area contributed by atoms with Crippen molar-refractivity contribution >= 4 is 15.5 Å². The van der Waals surface area contributed by atoms with Crippen molar-refractivity contribution < 1.29 is 14.3 Å². The summed E-state index contributed by atoms with van der Waals surface area (Å²) in [6.45, 7) is 6.26. The van der Waals surface area contributed by atoms with Gasteiger partial charge in [0.15, 0.2) is 0 Å². The molecule has 0 aliphatic rings. The first-order chi connectivity index (χ1) is 5.31. The van der Waals surface area contributed by atoms with Gasteiger partial charge >= 0.3 is 5.97 Å². The van der Waals surface area contributed by atoms with Gasteiger partial charge in [0.1, 0.15) is 6.61 Å². The van der Waals surface area contributed by atoms with Gasteiger partial charge in [0.25, 0.3) is 0 Å². The quantitative estimate of drug-likeness (QED) is 0.244. The second-order valence-electron chi connectivity index (χ2n) is 1.98. The van der Waals surface area contributed by atoms with Gasteiger partial charge in [0.05, 0.1) is 6.61 Å². The fraction of sp³-hybridized carbons (Fsp3) is 0.571. The first kappa shape index (κ1) is 10.4. The second kappa shape index (κ2) is 7.49. The van der Waals surface area contributed by atoms with Crippen LogP contribution in [0.2, 0.25) is 6.55 Å². The molecule has 3 nitrogen and oxygen atoms in total. The molecular weight excluding hydrogens is 160 g/mol. The molecule has 0 rings (SSSR count). The van der Waals surface area contributed by atoms with Crippen molar-refractivity contribution in [1.29, 1.82) is 0 Å². The molecule has 0 saturated carbocycles. The van der Waals surface area contributed by atoms with Crippen LogP contribution >= 0.6 is 0 Å². The zero-order valence-electron chi connectivity index (χ0n) is 6.84. The molecule has 0 radical (unpaired) electrons. The predicted octanol–water partition coefficient (Wildman–Crippen LogP) is -0.0934. The lowest BCUT2D eigenvalue weighted by atomic mass is 10.6. The molecule has 11 heavy (non-hydrogen) atoms. The highest BCUT2D eigenvalue weighted by Gasteiger charge is 1.93. The number of carbonyl (C=O) groups excluding carboxylic acids is 1. The van der Waals surface area contributed by atoms with E-state index in [-0.39, 0.29) is 15.5 Å². The summed E-state index contributed by atoms with van der Waals surface area (Å²) in [5.41, 5.74) is 0. The second-order valence-corrected chi connectivity index (χ2v) is 3.39. The van der Waals surface area contributed by atoms with Crippen molar-refractivity contribution in [2.75, 3.05) is 19.4 Å². The van der Waals surface area contributed by atoms with Gasteiger partial charge in [-0.25, -0.2) is 4.79 Å².